The lowest BCUT2D eigenvalue weighted by Gasteiger charge is -2.22. The monoisotopic (exact) mass is 325 g/mol. The molecule has 0 fully saturated rings. The fourth-order valence-corrected chi connectivity index (χ4v) is 2.86. The van der Waals surface area contributed by atoms with Gasteiger partial charge in [0.25, 0.3) is 0 Å². The molecule has 0 saturated heterocycles. The van der Waals surface area contributed by atoms with Crippen LogP contribution in [0.1, 0.15) is 44.2 Å². The highest BCUT2D eigenvalue weighted by molar-refractivity contribution is 5.82. The van der Waals surface area contributed by atoms with Crippen molar-refractivity contribution in [3.8, 4) is 11.8 Å². The minimum atomic E-state index is -0.185. The minimum absolute atomic E-state index is 0.185. The van der Waals surface area contributed by atoms with Gasteiger partial charge in [-0.05, 0) is 67.5 Å². The average Bonchev–Trinajstić information content (AvgIpc) is 2.58. The maximum atomic E-state index is 11.3. The largest absolute Gasteiger partial charge is 0.494 e. The maximum absolute atomic E-state index is 11.3. The third-order valence-electron chi connectivity index (χ3n) is 4.13. The first-order valence-corrected chi connectivity index (χ1v) is 8.27. The number of rotatable bonds is 6. The molecule has 0 aromatic heterocycles. The van der Waals surface area contributed by atoms with Gasteiger partial charge in [-0.3, -0.25) is 4.79 Å². The molecule has 0 N–H and O–H groups in total. The van der Waals surface area contributed by atoms with Gasteiger partial charge in [0.05, 0.1) is 19.3 Å². The lowest BCUT2D eigenvalue weighted by atomic mass is 9.82. The standard InChI is InChI=1S/C20H23NO3/c1-4-23-20(22)6-5-11-24-17-8-10-19-15(3)18(14(2)13-21)9-7-16(19)12-17/h8,10,12H,3-7,9,11H2,1-2H3/b18-14+. The Balaban J connectivity index is 1.97. The molecule has 1 aromatic carbocycles. The van der Waals surface area contributed by atoms with Gasteiger partial charge in [-0.15, -0.1) is 0 Å². The highest BCUT2D eigenvalue weighted by Gasteiger charge is 2.19. The van der Waals surface area contributed by atoms with Crippen LogP contribution in [-0.4, -0.2) is 19.2 Å². The quantitative estimate of drug-likeness (QED) is 0.446. The number of hydrogen-bond acceptors (Lipinski definition) is 4. The number of allylic oxidation sites excluding steroid dienone is 3. The number of carbonyl (C=O) groups is 1. The van der Waals surface area contributed by atoms with Crippen LogP contribution in [0.15, 0.2) is 35.9 Å². The molecule has 0 radical (unpaired) electrons. The lowest BCUT2D eigenvalue weighted by Crippen LogP contribution is -2.08. The Hall–Kier alpha value is -2.54. The molecule has 0 bridgehead atoms. The van der Waals surface area contributed by atoms with E-state index in [9.17, 15) is 4.79 Å². The molecule has 1 aromatic rings. The minimum Gasteiger partial charge on any atom is -0.494 e. The summed E-state index contributed by atoms with van der Waals surface area (Å²) in [5.41, 5.74) is 5.00. The van der Waals surface area contributed by atoms with E-state index in [1.165, 1.54) is 5.56 Å². The summed E-state index contributed by atoms with van der Waals surface area (Å²) in [5, 5.41) is 9.09. The second-order valence-electron chi connectivity index (χ2n) is 5.77. The number of esters is 1. The molecule has 1 aliphatic rings. The van der Waals surface area contributed by atoms with E-state index in [2.05, 4.69) is 12.6 Å². The predicted octanol–water partition coefficient (Wildman–Crippen LogP) is 4.21. The molecule has 0 amide bonds. The molecule has 0 aliphatic heterocycles. The van der Waals surface area contributed by atoms with E-state index in [0.717, 1.165) is 40.9 Å². The zero-order chi connectivity index (χ0) is 17.5. The Morgan fingerprint density at radius 2 is 2.17 bits per heavy atom. The van der Waals surface area contributed by atoms with Crippen LogP contribution in [0.2, 0.25) is 0 Å². The van der Waals surface area contributed by atoms with Gasteiger partial charge < -0.3 is 9.47 Å². The van der Waals surface area contributed by atoms with Crippen molar-refractivity contribution >= 4 is 11.5 Å². The lowest BCUT2D eigenvalue weighted by molar-refractivity contribution is -0.143. The highest BCUT2D eigenvalue weighted by Crippen LogP contribution is 2.37. The first kappa shape index (κ1) is 17.8. The molecule has 24 heavy (non-hydrogen) atoms. The zero-order valence-corrected chi connectivity index (χ0v) is 14.4. The first-order valence-electron chi connectivity index (χ1n) is 8.27. The molecular formula is C20H23NO3. The SMILES string of the molecule is C=C1/C(=C(\C)C#N)CCc2cc(OCCCC(=O)OCC)ccc21. The third kappa shape index (κ3) is 4.26. The van der Waals surface area contributed by atoms with Gasteiger partial charge >= 0.3 is 5.97 Å². The fraction of sp³-hybridized carbons (Fsp3) is 0.400. The third-order valence-corrected chi connectivity index (χ3v) is 4.13. The summed E-state index contributed by atoms with van der Waals surface area (Å²) in [4.78, 5) is 11.3. The van der Waals surface area contributed by atoms with Crippen LogP contribution in [0.25, 0.3) is 5.57 Å². The molecule has 1 aliphatic carbocycles. The van der Waals surface area contributed by atoms with Gasteiger partial charge in [-0.25, -0.2) is 0 Å². The van der Waals surface area contributed by atoms with E-state index in [1.807, 2.05) is 25.1 Å². The van der Waals surface area contributed by atoms with E-state index >= 15 is 0 Å². The molecule has 4 heteroatoms. The second kappa shape index (κ2) is 8.35. The Labute approximate surface area is 143 Å². The smallest absolute Gasteiger partial charge is 0.305 e. The molecule has 0 heterocycles. The molecular weight excluding hydrogens is 302 g/mol. The van der Waals surface area contributed by atoms with Crippen LogP contribution >= 0.6 is 0 Å². The Morgan fingerprint density at radius 3 is 2.88 bits per heavy atom. The number of nitriles is 1. The van der Waals surface area contributed by atoms with Gasteiger partial charge in [0.2, 0.25) is 0 Å². The summed E-state index contributed by atoms with van der Waals surface area (Å²) in [6, 6.07) is 8.16. The van der Waals surface area contributed by atoms with Crippen molar-refractivity contribution in [2.45, 2.75) is 39.5 Å². The van der Waals surface area contributed by atoms with Gasteiger partial charge in [0.1, 0.15) is 5.75 Å². The number of nitrogens with zero attached hydrogens (tertiary/aromatic N) is 1. The molecule has 0 unspecified atom stereocenters. The van der Waals surface area contributed by atoms with Crippen molar-refractivity contribution in [2.75, 3.05) is 13.2 Å². The Morgan fingerprint density at radius 1 is 1.38 bits per heavy atom. The van der Waals surface area contributed by atoms with Crippen molar-refractivity contribution in [1.82, 2.24) is 0 Å². The van der Waals surface area contributed by atoms with Crippen LogP contribution in [0.4, 0.5) is 0 Å². The average molecular weight is 325 g/mol. The maximum Gasteiger partial charge on any atom is 0.305 e. The van der Waals surface area contributed by atoms with E-state index in [0.29, 0.717) is 26.1 Å². The van der Waals surface area contributed by atoms with Crippen molar-refractivity contribution in [2.24, 2.45) is 0 Å². The predicted molar refractivity (Wildman–Crippen MR) is 93.5 cm³/mol. The Kier molecular flexibility index (Phi) is 6.20. The first-order chi connectivity index (χ1) is 11.6. The number of hydrogen-bond donors (Lipinski definition) is 0. The van der Waals surface area contributed by atoms with E-state index < -0.39 is 0 Å². The molecule has 2 rings (SSSR count). The van der Waals surface area contributed by atoms with Gasteiger partial charge in [-0.1, -0.05) is 12.6 Å². The van der Waals surface area contributed by atoms with Gasteiger partial charge in [0.15, 0.2) is 0 Å². The summed E-state index contributed by atoms with van der Waals surface area (Å²) >= 11 is 0. The fourth-order valence-electron chi connectivity index (χ4n) is 2.86. The van der Waals surface area contributed by atoms with Gasteiger partial charge in [-0.2, -0.15) is 5.26 Å². The van der Waals surface area contributed by atoms with E-state index in [-0.39, 0.29) is 5.97 Å². The summed E-state index contributed by atoms with van der Waals surface area (Å²) in [6.07, 6.45) is 2.72. The van der Waals surface area contributed by atoms with Crippen LogP contribution in [0.5, 0.6) is 5.75 Å². The summed E-state index contributed by atoms with van der Waals surface area (Å²) < 4.78 is 10.6. The topological polar surface area (TPSA) is 59.3 Å². The summed E-state index contributed by atoms with van der Waals surface area (Å²) in [5.74, 6) is 0.616. The number of benzene rings is 1. The molecule has 0 saturated carbocycles. The molecule has 4 nitrogen and oxygen atoms in total. The van der Waals surface area contributed by atoms with Crippen molar-refractivity contribution in [3.05, 3.63) is 47.1 Å². The number of fused-ring (bicyclic) bond motifs is 1. The van der Waals surface area contributed by atoms with E-state index in [1.54, 1.807) is 6.92 Å². The zero-order valence-electron chi connectivity index (χ0n) is 14.4. The van der Waals surface area contributed by atoms with Crippen molar-refractivity contribution in [3.63, 3.8) is 0 Å². The Bertz CT molecular complexity index is 710. The normalized spacial score (nSPS) is 15.3. The van der Waals surface area contributed by atoms with Crippen molar-refractivity contribution in [1.29, 1.82) is 5.26 Å². The summed E-state index contributed by atoms with van der Waals surface area (Å²) in [6.45, 7) is 8.68. The second-order valence-corrected chi connectivity index (χ2v) is 5.77. The number of aryl methyl sites for hydroxylation is 1. The molecule has 126 valence electrons. The number of ether oxygens (including phenoxy) is 2. The molecule has 0 spiro atoms. The number of carbonyl (C=O) groups excluding carboxylic acids is 1. The van der Waals surface area contributed by atoms with Crippen LogP contribution in [0.3, 0.4) is 0 Å². The summed E-state index contributed by atoms with van der Waals surface area (Å²) in [7, 11) is 0. The van der Waals surface area contributed by atoms with E-state index in [4.69, 9.17) is 14.7 Å². The van der Waals surface area contributed by atoms with Gasteiger partial charge in [0, 0.05) is 12.0 Å². The van der Waals surface area contributed by atoms with Crippen LogP contribution in [0, 0.1) is 11.3 Å². The molecule has 0 atom stereocenters. The van der Waals surface area contributed by atoms with Crippen molar-refractivity contribution < 1.29 is 14.3 Å². The van der Waals surface area contributed by atoms with Crippen LogP contribution in [-0.2, 0) is 16.0 Å². The highest BCUT2D eigenvalue weighted by atomic mass is 16.5. The van der Waals surface area contributed by atoms with Crippen LogP contribution < -0.4 is 4.74 Å².